The highest BCUT2D eigenvalue weighted by Gasteiger charge is 2.28. The SMILES string of the molecule is CC(C)c1nccn1-c1cc(C(=O)N2CCC[C@H](COc3cccc4c3C(N)=N[S+]([O-])N4)C2)ccn1. The second-order valence-electron chi connectivity index (χ2n) is 9.29. The van der Waals surface area contributed by atoms with Gasteiger partial charge in [-0.05, 0) is 41.5 Å². The zero-order valence-electron chi connectivity index (χ0n) is 20.3. The number of nitrogens with one attached hydrogen (secondary N) is 1. The summed E-state index contributed by atoms with van der Waals surface area (Å²) >= 11 is -1.59. The van der Waals surface area contributed by atoms with Crippen molar-refractivity contribution in [1.82, 2.24) is 19.4 Å². The van der Waals surface area contributed by atoms with Gasteiger partial charge in [-0.2, -0.15) is 4.72 Å². The first-order valence-corrected chi connectivity index (χ1v) is 13.1. The number of ether oxygens (including phenoxy) is 1. The molecule has 188 valence electrons. The van der Waals surface area contributed by atoms with Gasteiger partial charge < -0.3 is 19.9 Å². The summed E-state index contributed by atoms with van der Waals surface area (Å²) in [7, 11) is 0. The zero-order chi connectivity index (χ0) is 25.2. The van der Waals surface area contributed by atoms with E-state index in [1.165, 1.54) is 0 Å². The van der Waals surface area contributed by atoms with Crippen LogP contribution in [0.5, 0.6) is 5.75 Å². The number of imidazole rings is 1. The van der Waals surface area contributed by atoms with Crippen LogP contribution < -0.4 is 15.2 Å². The molecule has 5 rings (SSSR count). The molecule has 3 aromatic rings. The molecule has 0 radical (unpaired) electrons. The van der Waals surface area contributed by atoms with Crippen molar-refractivity contribution in [1.29, 1.82) is 0 Å². The minimum atomic E-state index is -1.59. The van der Waals surface area contributed by atoms with Crippen LogP contribution in [0.3, 0.4) is 0 Å². The fourth-order valence-electron chi connectivity index (χ4n) is 4.65. The first kappa shape index (κ1) is 24.1. The quantitative estimate of drug-likeness (QED) is 0.490. The Bertz CT molecular complexity index is 1290. The number of hydrogen-bond acceptors (Lipinski definition) is 8. The maximum absolute atomic E-state index is 13.4. The summed E-state index contributed by atoms with van der Waals surface area (Å²) in [6, 6.07) is 9.01. The average Bonchev–Trinajstić information content (AvgIpc) is 3.37. The van der Waals surface area contributed by atoms with Gasteiger partial charge in [-0.3, -0.25) is 9.36 Å². The third kappa shape index (κ3) is 4.89. The zero-order valence-corrected chi connectivity index (χ0v) is 21.1. The number of carbonyl (C=O) groups is 1. The van der Waals surface area contributed by atoms with Gasteiger partial charge in [0.2, 0.25) is 11.5 Å². The molecule has 1 fully saturated rings. The summed E-state index contributed by atoms with van der Waals surface area (Å²) < 4.78 is 26.5. The molecule has 0 saturated carbocycles. The maximum atomic E-state index is 13.4. The summed E-state index contributed by atoms with van der Waals surface area (Å²) in [4.78, 5) is 24.2. The number of fused-ring (bicyclic) bond motifs is 1. The predicted molar refractivity (Wildman–Crippen MR) is 139 cm³/mol. The Balaban J connectivity index is 1.27. The molecule has 0 spiro atoms. The van der Waals surface area contributed by atoms with Crippen molar-refractivity contribution in [3.8, 4) is 11.6 Å². The van der Waals surface area contributed by atoms with Gasteiger partial charge in [0.25, 0.3) is 5.91 Å². The number of nitrogens with two attached hydrogens (primary N) is 1. The number of anilines is 1. The number of rotatable bonds is 6. The van der Waals surface area contributed by atoms with E-state index in [0.717, 1.165) is 18.7 Å². The van der Waals surface area contributed by atoms with Gasteiger partial charge in [0.15, 0.2) is 5.84 Å². The molecule has 11 heteroatoms. The van der Waals surface area contributed by atoms with Gasteiger partial charge in [0.1, 0.15) is 17.4 Å². The number of pyridine rings is 1. The Kier molecular flexibility index (Phi) is 6.84. The van der Waals surface area contributed by atoms with Crippen LogP contribution in [0.4, 0.5) is 5.69 Å². The molecule has 1 amide bonds. The van der Waals surface area contributed by atoms with Crippen molar-refractivity contribution in [3.05, 3.63) is 65.9 Å². The molecule has 2 aliphatic heterocycles. The Morgan fingerprint density at radius 2 is 2.17 bits per heavy atom. The standard InChI is InChI=1S/C25H29N7O3S/c1-16(2)24-28-10-12-32(24)21-13-18(8-9-27-21)25(33)31-11-4-5-17(14-31)15-35-20-7-3-6-19-22(20)23(26)30-36(34)29-19/h3,6-10,12-13,16-17,29H,4-5,11,14-15H2,1-2H3,(H2,26,30)/t17-,36?/m0/s1. The Morgan fingerprint density at radius 3 is 3.00 bits per heavy atom. The molecular formula is C25H29N7O3S. The van der Waals surface area contributed by atoms with Gasteiger partial charge in [0, 0.05) is 49.1 Å². The number of piperidine rings is 1. The van der Waals surface area contributed by atoms with E-state index in [4.69, 9.17) is 10.5 Å². The average molecular weight is 508 g/mol. The van der Waals surface area contributed by atoms with E-state index >= 15 is 0 Å². The van der Waals surface area contributed by atoms with E-state index in [-0.39, 0.29) is 23.6 Å². The normalized spacial score (nSPS) is 19.4. The van der Waals surface area contributed by atoms with Crippen molar-refractivity contribution in [2.75, 3.05) is 24.4 Å². The fraction of sp³-hybridized carbons (Fsp3) is 0.360. The minimum Gasteiger partial charge on any atom is -0.566 e. The second kappa shape index (κ2) is 10.2. The molecule has 36 heavy (non-hydrogen) atoms. The monoisotopic (exact) mass is 507 g/mol. The number of likely N-dealkylation sites (tertiary alicyclic amines) is 1. The summed E-state index contributed by atoms with van der Waals surface area (Å²) in [6.45, 7) is 5.89. The summed E-state index contributed by atoms with van der Waals surface area (Å²) in [5, 5.41) is 0. The predicted octanol–water partition coefficient (Wildman–Crippen LogP) is 3.03. The van der Waals surface area contributed by atoms with Gasteiger partial charge in [-0.1, -0.05) is 19.9 Å². The molecule has 3 N–H and O–H groups in total. The van der Waals surface area contributed by atoms with Crippen LogP contribution in [-0.4, -0.2) is 55.4 Å². The third-order valence-electron chi connectivity index (χ3n) is 6.37. The Labute approximate surface area is 213 Å². The minimum absolute atomic E-state index is 0.0188. The van der Waals surface area contributed by atoms with Crippen LogP contribution in [-0.2, 0) is 11.5 Å². The summed E-state index contributed by atoms with van der Waals surface area (Å²) in [5.74, 6) is 2.74. The van der Waals surface area contributed by atoms with E-state index in [1.807, 2.05) is 33.9 Å². The van der Waals surface area contributed by atoms with Gasteiger partial charge in [0.05, 0.1) is 17.9 Å². The highest BCUT2D eigenvalue weighted by atomic mass is 32.2. The third-order valence-corrected chi connectivity index (χ3v) is 7.12. The van der Waals surface area contributed by atoms with Crippen LogP contribution >= 0.6 is 0 Å². The van der Waals surface area contributed by atoms with Crippen molar-refractivity contribution < 1.29 is 14.1 Å². The number of benzene rings is 1. The highest BCUT2D eigenvalue weighted by molar-refractivity contribution is 7.91. The first-order valence-electron chi connectivity index (χ1n) is 12.0. The molecule has 4 heterocycles. The van der Waals surface area contributed by atoms with E-state index in [0.29, 0.717) is 48.1 Å². The molecule has 0 bridgehead atoms. The summed E-state index contributed by atoms with van der Waals surface area (Å²) in [5.41, 5.74) is 7.87. The lowest BCUT2D eigenvalue weighted by Gasteiger charge is -2.33. The van der Waals surface area contributed by atoms with E-state index < -0.39 is 11.5 Å². The molecule has 2 aliphatic rings. The van der Waals surface area contributed by atoms with Crippen LogP contribution in [0.15, 0.2) is 53.3 Å². The molecule has 1 aromatic carbocycles. The van der Waals surface area contributed by atoms with Gasteiger partial charge >= 0.3 is 0 Å². The van der Waals surface area contributed by atoms with Crippen LogP contribution in [0, 0.1) is 5.92 Å². The molecule has 2 aromatic heterocycles. The van der Waals surface area contributed by atoms with E-state index in [2.05, 4.69) is 32.9 Å². The highest BCUT2D eigenvalue weighted by Crippen LogP contribution is 2.31. The molecule has 1 saturated heterocycles. The van der Waals surface area contributed by atoms with Crippen LogP contribution in [0.1, 0.15) is 54.4 Å². The Hall–Kier alpha value is -3.57. The number of aromatic nitrogens is 3. The fourth-order valence-corrected chi connectivity index (χ4v) is 5.32. The topological polar surface area (TPSA) is 134 Å². The molecule has 10 nitrogen and oxygen atoms in total. The van der Waals surface area contributed by atoms with Gasteiger partial charge in [-0.25, -0.2) is 9.97 Å². The van der Waals surface area contributed by atoms with Crippen molar-refractivity contribution in [2.24, 2.45) is 16.0 Å². The molecule has 1 unspecified atom stereocenters. The number of amides is 1. The lowest BCUT2D eigenvalue weighted by molar-refractivity contribution is 0.0633. The maximum Gasteiger partial charge on any atom is 0.254 e. The second-order valence-corrected chi connectivity index (χ2v) is 10.2. The summed E-state index contributed by atoms with van der Waals surface area (Å²) in [6.07, 6.45) is 7.14. The number of nitrogens with zero attached hydrogens (tertiary/aromatic N) is 5. The first-order chi connectivity index (χ1) is 17.4. The molecule has 0 aliphatic carbocycles. The van der Waals surface area contributed by atoms with Gasteiger partial charge in [-0.15, -0.1) is 0 Å². The molecule has 2 atom stereocenters. The van der Waals surface area contributed by atoms with Crippen molar-refractivity contribution in [2.45, 2.75) is 32.6 Å². The van der Waals surface area contributed by atoms with Crippen LogP contribution in [0.25, 0.3) is 5.82 Å². The number of amidine groups is 1. The lowest BCUT2D eigenvalue weighted by Crippen LogP contribution is -2.41. The largest absolute Gasteiger partial charge is 0.566 e. The van der Waals surface area contributed by atoms with Crippen molar-refractivity contribution >= 4 is 29.0 Å². The smallest absolute Gasteiger partial charge is 0.254 e. The Morgan fingerprint density at radius 1 is 1.31 bits per heavy atom. The lowest BCUT2D eigenvalue weighted by atomic mass is 9.98. The van der Waals surface area contributed by atoms with E-state index in [1.54, 1.807) is 24.5 Å². The number of carbonyl (C=O) groups excluding carboxylic acids is 1. The molecular weight excluding hydrogens is 478 g/mol. The van der Waals surface area contributed by atoms with E-state index in [9.17, 15) is 9.35 Å². The van der Waals surface area contributed by atoms with Crippen molar-refractivity contribution in [3.63, 3.8) is 0 Å². The van der Waals surface area contributed by atoms with Crippen LogP contribution in [0.2, 0.25) is 0 Å². The number of hydrogen-bond donors (Lipinski definition) is 2.